The monoisotopic (exact) mass is 324 g/mol. The van der Waals surface area contributed by atoms with E-state index in [0.717, 1.165) is 10.4 Å². The Hall–Kier alpha value is -1.37. The molecule has 0 fully saturated rings. The number of sulfonamides is 1. The molecule has 1 heterocycles. The molecule has 0 atom stereocenters. The molecule has 2 N–H and O–H groups in total. The summed E-state index contributed by atoms with van der Waals surface area (Å²) < 4.78 is 27.3. The predicted octanol–water partition coefficient (Wildman–Crippen LogP) is 3.24. The number of hydrogen-bond donors (Lipinski definition) is 1. The lowest BCUT2D eigenvalue weighted by Crippen LogP contribution is -2.36. The van der Waals surface area contributed by atoms with Crippen LogP contribution in [-0.2, 0) is 16.6 Å². The predicted molar refractivity (Wildman–Crippen MR) is 87.8 cm³/mol. The molecule has 0 spiro atoms. The summed E-state index contributed by atoms with van der Waals surface area (Å²) in [7, 11) is -3.61. The molecule has 2 aromatic rings. The minimum atomic E-state index is -3.61. The third kappa shape index (κ3) is 3.45. The molecule has 0 bridgehead atoms. The van der Waals surface area contributed by atoms with E-state index in [1.165, 1.54) is 4.31 Å². The van der Waals surface area contributed by atoms with Gasteiger partial charge in [0.15, 0.2) is 0 Å². The molecule has 0 aliphatic carbocycles. The van der Waals surface area contributed by atoms with E-state index in [1.54, 1.807) is 29.5 Å². The fraction of sp³-hybridized carbons (Fsp3) is 0.333. The van der Waals surface area contributed by atoms with E-state index in [2.05, 4.69) is 0 Å². The van der Waals surface area contributed by atoms with E-state index in [-0.39, 0.29) is 10.9 Å². The van der Waals surface area contributed by atoms with E-state index in [1.807, 2.05) is 38.3 Å². The summed E-state index contributed by atoms with van der Waals surface area (Å²) in [6.07, 6.45) is 0. The standard InChI is InChI=1S/C15H20N2O2S2/c1-11(2)17(10-13-5-4-8-20-13)21(18,19)15-7-6-12(3)9-14(15)16/h4-9,11H,10,16H2,1-3H3. The number of anilines is 1. The van der Waals surface area contributed by atoms with Crippen molar-refractivity contribution in [3.63, 3.8) is 0 Å². The van der Waals surface area contributed by atoms with Crippen molar-refractivity contribution in [2.75, 3.05) is 5.73 Å². The van der Waals surface area contributed by atoms with E-state index in [9.17, 15) is 8.42 Å². The van der Waals surface area contributed by atoms with Crippen molar-refractivity contribution in [1.82, 2.24) is 4.31 Å². The number of nitrogens with two attached hydrogens (primary N) is 1. The number of nitrogen functional groups attached to an aromatic ring is 1. The van der Waals surface area contributed by atoms with Crippen molar-refractivity contribution >= 4 is 27.0 Å². The first-order valence-electron chi connectivity index (χ1n) is 6.72. The van der Waals surface area contributed by atoms with Crippen molar-refractivity contribution in [3.8, 4) is 0 Å². The van der Waals surface area contributed by atoms with Gasteiger partial charge >= 0.3 is 0 Å². The molecule has 0 saturated carbocycles. The number of rotatable bonds is 5. The molecule has 6 heteroatoms. The molecule has 21 heavy (non-hydrogen) atoms. The molecular formula is C15H20N2O2S2. The molecule has 0 amide bonds. The second kappa shape index (κ2) is 6.17. The van der Waals surface area contributed by atoms with Crippen LogP contribution in [0, 0.1) is 6.92 Å². The van der Waals surface area contributed by atoms with Crippen molar-refractivity contribution < 1.29 is 8.42 Å². The fourth-order valence-corrected chi connectivity index (χ4v) is 4.63. The Morgan fingerprint density at radius 1 is 1.29 bits per heavy atom. The molecular weight excluding hydrogens is 304 g/mol. The lowest BCUT2D eigenvalue weighted by Gasteiger charge is -2.26. The third-order valence-electron chi connectivity index (χ3n) is 3.22. The summed E-state index contributed by atoms with van der Waals surface area (Å²) in [4.78, 5) is 1.19. The molecule has 0 saturated heterocycles. The maximum Gasteiger partial charge on any atom is 0.245 e. The Morgan fingerprint density at radius 2 is 2.00 bits per heavy atom. The Balaban J connectivity index is 2.42. The van der Waals surface area contributed by atoms with Gasteiger partial charge in [-0.1, -0.05) is 12.1 Å². The highest BCUT2D eigenvalue weighted by Crippen LogP contribution is 2.27. The fourth-order valence-electron chi connectivity index (χ4n) is 2.13. The Bertz CT molecular complexity index is 707. The summed E-state index contributed by atoms with van der Waals surface area (Å²) in [5.41, 5.74) is 7.16. The SMILES string of the molecule is Cc1ccc(S(=O)(=O)N(Cc2cccs2)C(C)C)c(N)c1. The van der Waals surface area contributed by atoms with E-state index < -0.39 is 10.0 Å². The van der Waals surface area contributed by atoms with E-state index in [4.69, 9.17) is 5.73 Å². The molecule has 4 nitrogen and oxygen atoms in total. The molecule has 1 aromatic heterocycles. The molecule has 114 valence electrons. The van der Waals surface area contributed by atoms with E-state index in [0.29, 0.717) is 12.2 Å². The zero-order valence-electron chi connectivity index (χ0n) is 12.4. The first kappa shape index (κ1) is 16.0. The summed E-state index contributed by atoms with van der Waals surface area (Å²) in [5.74, 6) is 0. The van der Waals surface area contributed by atoms with Gasteiger partial charge in [0.2, 0.25) is 10.0 Å². The minimum absolute atomic E-state index is 0.141. The van der Waals surface area contributed by atoms with Crippen LogP contribution >= 0.6 is 11.3 Å². The third-order valence-corrected chi connectivity index (χ3v) is 6.18. The quantitative estimate of drug-likeness (QED) is 0.859. The summed E-state index contributed by atoms with van der Waals surface area (Å²) >= 11 is 1.55. The Kier molecular flexibility index (Phi) is 4.70. The second-order valence-electron chi connectivity index (χ2n) is 5.26. The molecule has 0 radical (unpaired) electrons. The van der Waals surface area contributed by atoms with Crippen LogP contribution in [0.4, 0.5) is 5.69 Å². The minimum Gasteiger partial charge on any atom is -0.398 e. The van der Waals surface area contributed by atoms with Crippen LogP contribution in [0.2, 0.25) is 0 Å². The summed E-state index contributed by atoms with van der Waals surface area (Å²) in [6, 6.07) is 8.77. The van der Waals surface area contributed by atoms with Crippen LogP contribution in [0.5, 0.6) is 0 Å². The number of hydrogen-bond acceptors (Lipinski definition) is 4. The van der Waals surface area contributed by atoms with Crippen LogP contribution in [0.25, 0.3) is 0 Å². The van der Waals surface area contributed by atoms with Gasteiger partial charge in [0.05, 0.1) is 5.69 Å². The van der Waals surface area contributed by atoms with Crippen molar-refractivity contribution in [1.29, 1.82) is 0 Å². The molecule has 1 aromatic carbocycles. The zero-order valence-corrected chi connectivity index (χ0v) is 14.0. The summed E-state index contributed by atoms with van der Waals surface area (Å²) in [6.45, 7) is 5.99. The van der Waals surface area contributed by atoms with Gasteiger partial charge in [-0.25, -0.2) is 8.42 Å². The van der Waals surface area contributed by atoms with Gasteiger partial charge in [-0.2, -0.15) is 4.31 Å². The average molecular weight is 324 g/mol. The first-order chi connectivity index (χ1) is 9.82. The van der Waals surface area contributed by atoms with Gasteiger partial charge in [-0.15, -0.1) is 11.3 Å². The normalized spacial score (nSPS) is 12.2. The second-order valence-corrected chi connectivity index (χ2v) is 8.16. The molecule has 0 aliphatic heterocycles. The van der Waals surface area contributed by atoms with Crippen LogP contribution in [0.1, 0.15) is 24.3 Å². The van der Waals surface area contributed by atoms with Crippen molar-refractivity contribution in [2.24, 2.45) is 0 Å². The first-order valence-corrected chi connectivity index (χ1v) is 9.04. The maximum atomic E-state index is 12.9. The number of nitrogens with zero attached hydrogens (tertiary/aromatic N) is 1. The van der Waals surface area contributed by atoms with Crippen LogP contribution in [-0.4, -0.2) is 18.8 Å². The Labute approximate surface area is 130 Å². The molecule has 0 aliphatic rings. The van der Waals surface area contributed by atoms with Gasteiger partial charge in [0.1, 0.15) is 4.90 Å². The zero-order chi connectivity index (χ0) is 15.6. The van der Waals surface area contributed by atoms with Gasteiger partial charge in [0, 0.05) is 17.5 Å². The van der Waals surface area contributed by atoms with Crippen molar-refractivity contribution in [3.05, 3.63) is 46.2 Å². The van der Waals surface area contributed by atoms with Crippen LogP contribution < -0.4 is 5.73 Å². The lowest BCUT2D eigenvalue weighted by molar-refractivity contribution is 0.350. The summed E-state index contributed by atoms with van der Waals surface area (Å²) in [5, 5.41) is 1.95. The van der Waals surface area contributed by atoms with E-state index >= 15 is 0 Å². The smallest absolute Gasteiger partial charge is 0.245 e. The number of benzene rings is 1. The number of aryl methyl sites for hydroxylation is 1. The van der Waals surface area contributed by atoms with Crippen LogP contribution in [0.15, 0.2) is 40.6 Å². The topological polar surface area (TPSA) is 63.4 Å². The van der Waals surface area contributed by atoms with Gasteiger partial charge in [-0.05, 0) is 49.9 Å². The maximum absolute atomic E-state index is 12.9. The average Bonchev–Trinajstić information content (AvgIpc) is 2.87. The Morgan fingerprint density at radius 3 is 2.52 bits per heavy atom. The van der Waals surface area contributed by atoms with Crippen LogP contribution in [0.3, 0.4) is 0 Å². The van der Waals surface area contributed by atoms with Crippen molar-refractivity contribution in [2.45, 2.75) is 38.3 Å². The lowest BCUT2D eigenvalue weighted by atomic mass is 10.2. The number of thiophene rings is 1. The van der Waals surface area contributed by atoms with Gasteiger partial charge < -0.3 is 5.73 Å². The molecule has 0 unspecified atom stereocenters. The van der Waals surface area contributed by atoms with Gasteiger partial charge in [-0.3, -0.25) is 0 Å². The highest BCUT2D eigenvalue weighted by Gasteiger charge is 2.29. The molecule has 2 rings (SSSR count). The highest BCUT2D eigenvalue weighted by atomic mass is 32.2. The largest absolute Gasteiger partial charge is 0.398 e. The van der Waals surface area contributed by atoms with Gasteiger partial charge in [0.25, 0.3) is 0 Å². The highest BCUT2D eigenvalue weighted by molar-refractivity contribution is 7.89.